The molecule has 0 saturated carbocycles. The summed E-state index contributed by atoms with van der Waals surface area (Å²) in [5.74, 6) is -1.73. The summed E-state index contributed by atoms with van der Waals surface area (Å²) >= 11 is 0. The Kier molecular flexibility index (Phi) is 5.03. The van der Waals surface area contributed by atoms with Gasteiger partial charge in [-0.15, -0.1) is 0 Å². The molecule has 0 fully saturated rings. The number of hydrogen-bond acceptors (Lipinski definition) is 4. The van der Waals surface area contributed by atoms with E-state index >= 15 is 0 Å². The smallest absolute Gasteiger partial charge is 0.289 e. The van der Waals surface area contributed by atoms with Gasteiger partial charge in [-0.1, -0.05) is 60.7 Å². The first-order chi connectivity index (χ1) is 9.77. The Morgan fingerprint density at radius 3 is 2.10 bits per heavy atom. The van der Waals surface area contributed by atoms with E-state index in [9.17, 15) is 9.59 Å². The number of benzene rings is 2. The van der Waals surface area contributed by atoms with E-state index in [4.69, 9.17) is 4.89 Å². The third kappa shape index (κ3) is 4.03. The Morgan fingerprint density at radius 2 is 1.45 bits per heavy atom. The maximum Gasteiger partial charge on any atom is 0.413 e. The van der Waals surface area contributed by atoms with Crippen LogP contribution in [-0.2, 0) is 21.0 Å². The van der Waals surface area contributed by atoms with Crippen LogP contribution >= 0.6 is 0 Å². The van der Waals surface area contributed by atoms with Crippen molar-refractivity contribution in [1.29, 1.82) is 0 Å². The van der Waals surface area contributed by atoms with E-state index in [1.807, 2.05) is 30.3 Å². The Bertz CT molecular complexity index is 564. The van der Waals surface area contributed by atoms with Crippen molar-refractivity contribution in [3.8, 4) is 0 Å². The molecule has 0 atom stereocenters. The number of carbonyl (C=O) groups is 2. The molecule has 20 heavy (non-hydrogen) atoms. The monoisotopic (exact) mass is 270 g/mol. The summed E-state index contributed by atoms with van der Waals surface area (Å²) in [5, 5.41) is 0. The molecule has 2 aromatic carbocycles. The molecule has 0 amide bonds. The highest BCUT2D eigenvalue weighted by Gasteiger charge is 2.18. The van der Waals surface area contributed by atoms with Gasteiger partial charge in [0.1, 0.15) is 0 Å². The molecule has 0 spiro atoms. The molecule has 2 aromatic rings. The Labute approximate surface area is 116 Å². The van der Waals surface area contributed by atoms with E-state index in [1.54, 1.807) is 30.3 Å². The largest absolute Gasteiger partial charge is 0.413 e. The van der Waals surface area contributed by atoms with Crippen molar-refractivity contribution in [3.63, 3.8) is 0 Å². The van der Waals surface area contributed by atoms with Crippen LogP contribution in [0.1, 0.15) is 15.9 Å². The molecule has 0 aliphatic carbocycles. The zero-order valence-corrected chi connectivity index (χ0v) is 10.8. The van der Waals surface area contributed by atoms with Gasteiger partial charge in [0.25, 0.3) is 5.78 Å². The lowest BCUT2D eigenvalue weighted by atomic mass is 10.1. The molecule has 0 unspecified atom stereocenters. The summed E-state index contributed by atoms with van der Waals surface area (Å²) in [6.45, 7) is 0.206. The van der Waals surface area contributed by atoms with Gasteiger partial charge in [0, 0.05) is 5.56 Å². The molecule has 0 aliphatic rings. The third-order valence-electron chi connectivity index (χ3n) is 2.67. The summed E-state index contributed by atoms with van der Waals surface area (Å²) in [4.78, 5) is 32.4. The van der Waals surface area contributed by atoms with Gasteiger partial charge < -0.3 is 0 Å². The van der Waals surface area contributed by atoms with Crippen molar-refractivity contribution in [2.24, 2.45) is 0 Å². The molecule has 0 N–H and O–H groups in total. The highest BCUT2D eigenvalue weighted by atomic mass is 17.2. The molecule has 0 heterocycles. The van der Waals surface area contributed by atoms with Crippen LogP contribution in [0.5, 0.6) is 0 Å². The predicted molar refractivity (Wildman–Crippen MR) is 73.0 cm³/mol. The number of rotatable bonds is 6. The van der Waals surface area contributed by atoms with Gasteiger partial charge in [-0.05, 0) is 12.0 Å². The fraction of sp³-hybridized carbons (Fsp3) is 0.125. The zero-order valence-electron chi connectivity index (χ0n) is 10.8. The molecule has 0 aromatic heterocycles. The minimum Gasteiger partial charge on any atom is -0.289 e. The lowest BCUT2D eigenvalue weighted by Crippen LogP contribution is -2.18. The third-order valence-corrected chi connectivity index (χ3v) is 2.67. The quantitative estimate of drug-likeness (QED) is 0.266. The van der Waals surface area contributed by atoms with Crippen molar-refractivity contribution in [2.45, 2.75) is 6.42 Å². The van der Waals surface area contributed by atoms with E-state index in [2.05, 4.69) is 4.89 Å². The molecule has 2 rings (SSSR count). The van der Waals surface area contributed by atoms with Crippen molar-refractivity contribution < 1.29 is 19.4 Å². The minimum absolute atomic E-state index is 0.206. The van der Waals surface area contributed by atoms with Crippen LogP contribution in [0.2, 0.25) is 0 Å². The Hall–Kier alpha value is -2.46. The van der Waals surface area contributed by atoms with E-state index in [0.717, 1.165) is 5.56 Å². The number of carbonyl (C=O) groups excluding carboxylic acids is 2. The number of hydrogen-bond donors (Lipinski definition) is 0. The molecule has 102 valence electrons. The lowest BCUT2D eigenvalue weighted by Gasteiger charge is -2.03. The Morgan fingerprint density at radius 1 is 0.850 bits per heavy atom. The molecule has 0 saturated heterocycles. The van der Waals surface area contributed by atoms with Gasteiger partial charge in [-0.25, -0.2) is 4.79 Å². The SMILES string of the molecule is O=C(OOCCc1ccccc1)C(=O)c1ccccc1. The van der Waals surface area contributed by atoms with E-state index < -0.39 is 11.8 Å². The second kappa shape index (κ2) is 7.21. The topological polar surface area (TPSA) is 52.6 Å². The molecular weight excluding hydrogens is 256 g/mol. The van der Waals surface area contributed by atoms with Crippen molar-refractivity contribution in [1.82, 2.24) is 0 Å². The average molecular weight is 270 g/mol. The molecular formula is C16H14O4. The van der Waals surface area contributed by atoms with Gasteiger partial charge >= 0.3 is 5.97 Å². The maximum absolute atomic E-state index is 11.7. The van der Waals surface area contributed by atoms with Crippen LogP contribution in [0.25, 0.3) is 0 Å². The molecule has 4 nitrogen and oxygen atoms in total. The standard InChI is InChI=1S/C16H14O4/c17-15(14-9-5-2-6-10-14)16(18)20-19-12-11-13-7-3-1-4-8-13/h1-10H,11-12H2. The second-order valence-electron chi connectivity index (χ2n) is 4.12. The highest BCUT2D eigenvalue weighted by Crippen LogP contribution is 2.03. The highest BCUT2D eigenvalue weighted by molar-refractivity contribution is 6.40. The van der Waals surface area contributed by atoms with Gasteiger partial charge in [0.2, 0.25) is 0 Å². The number of ketones is 1. The van der Waals surface area contributed by atoms with Gasteiger partial charge in [-0.2, -0.15) is 4.89 Å². The lowest BCUT2D eigenvalue weighted by molar-refractivity contribution is -0.266. The number of Topliss-reactive ketones (excluding diaryl/α,β-unsaturated/α-hetero) is 1. The van der Waals surface area contributed by atoms with Crippen molar-refractivity contribution in [2.75, 3.05) is 6.61 Å². The van der Waals surface area contributed by atoms with Crippen LogP contribution in [0.4, 0.5) is 0 Å². The first-order valence-electron chi connectivity index (χ1n) is 6.24. The van der Waals surface area contributed by atoms with E-state index in [1.165, 1.54) is 0 Å². The van der Waals surface area contributed by atoms with Gasteiger partial charge in [0.05, 0.1) is 6.61 Å². The van der Waals surface area contributed by atoms with Gasteiger partial charge in [-0.3, -0.25) is 9.68 Å². The molecule has 0 radical (unpaired) electrons. The fourth-order valence-electron chi connectivity index (χ4n) is 1.64. The first-order valence-corrected chi connectivity index (χ1v) is 6.24. The molecule has 0 aliphatic heterocycles. The zero-order chi connectivity index (χ0) is 14.2. The summed E-state index contributed by atoms with van der Waals surface area (Å²) in [6.07, 6.45) is 0.605. The molecule has 4 heteroatoms. The normalized spacial score (nSPS) is 10.0. The fourth-order valence-corrected chi connectivity index (χ4v) is 1.64. The average Bonchev–Trinajstić information content (AvgIpc) is 2.52. The molecule has 0 bridgehead atoms. The summed E-state index contributed by atoms with van der Waals surface area (Å²) in [5.41, 5.74) is 1.35. The van der Waals surface area contributed by atoms with E-state index in [0.29, 0.717) is 6.42 Å². The van der Waals surface area contributed by atoms with Crippen LogP contribution in [0.3, 0.4) is 0 Å². The van der Waals surface area contributed by atoms with Crippen molar-refractivity contribution >= 4 is 11.8 Å². The summed E-state index contributed by atoms with van der Waals surface area (Å²) < 4.78 is 0. The van der Waals surface area contributed by atoms with Crippen LogP contribution in [-0.4, -0.2) is 18.4 Å². The van der Waals surface area contributed by atoms with Gasteiger partial charge in [0.15, 0.2) is 0 Å². The van der Waals surface area contributed by atoms with Crippen molar-refractivity contribution in [3.05, 3.63) is 71.8 Å². The summed E-state index contributed by atoms with van der Waals surface area (Å²) in [7, 11) is 0. The van der Waals surface area contributed by atoms with E-state index in [-0.39, 0.29) is 12.2 Å². The van der Waals surface area contributed by atoms with Crippen LogP contribution in [0.15, 0.2) is 60.7 Å². The predicted octanol–water partition coefficient (Wildman–Crippen LogP) is 2.59. The van der Waals surface area contributed by atoms with Crippen LogP contribution in [0, 0.1) is 0 Å². The maximum atomic E-state index is 11.7. The Balaban J connectivity index is 1.74. The van der Waals surface area contributed by atoms with Crippen LogP contribution < -0.4 is 0 Å². The minimum atomic E-state index is -1.01. The summed E-state index contributed by atoms with van der Waals surface area (Å²) in [6, 6.07) is 17.9. The second-order valence-corrected chi connectivity index (χ2v) is 4.12. The first kappa shape index (κ1) is 14.0.